The van der Waals surface area contributed by atoms with E-state index < -0.39 is 0 Å². The number of Topliss-reactive ketones (excluding diaryl/α,β-unsaturated/α-hetero) is 1. The van der Waals surface area contributed by atoms with E-state index in [1.165, 1.54) is 0 Å². The van der Waals surface area contributed by atoms with Gasteiger partial charge in [-0.3, -0.25) is 4.79 Å². The van der Waals surface area contributed by atoms with Gasteiger partial charge in [-0.25, -0.2) is 0 Å². The van der Waals surface area contributed by atoms with Crippen molar-refractivity contribution in [1.29, 1.82) is 0 Å². The summed E-state index contributed by atoms with van der Waals surface area (Å²) in [7, 11) is 0. The predicted octanol–water partition coefficient (Wildman–Crippen LogP) is 5.20. The Kier molecular flexibility index (Phi) is 3.75. The van der Waals surface area contributed by atoms with Crippen LogP contribution in [0.15, 0.2) is 48.7 Å². The highest BCUT2D eigenvalue weighted by Crippen LogP contribution is 2.26. The highest BCUT2D eigenvalue weighted by molar-refractivity contribution is 6.42. The molecule has 4 heteroatoms. The first-order chi connectivity index (χ1) is 10.1. The third-order valence-electron chi connectivity index (χ3n) is 3.50. The summed E-state index contributed by atoms with van der Waals surface area (Å²) in [5.74, 6) is 0.0686. The third-order valence-corrected chi connectivity index (χ3v) is 4.24. The highest BCUT2D eigenvalue weighted by Gasteiger charge is 2.11. The van der Waals surface area contributed by atoms with Crippen molar-refractivity contribution in [2.75, 3.05) is 0 Å². The lowest BCUT2D eigenvalue weighted by atomic mass is 10.1. The van der Waals surface area contributed by atoms with Gasteiger partial charge in [-0.05, 0) is 30.7 Å². The van der Waals surface area contributed by atoms with Gasteiger partial charge in [0.15, 0.2) is 5.78 Å². The number of hydrogen-bond acceptors (Lipinski definition) is 1. The first-order valence-electron chi connectivity index (χ1n) is 6.59. The summed E-state index contributed by atoms with van der Waals surface area (Å²) < 4.78 is 2.06. The summed E-state index contributed by atoms with van der Waals surface area (Å²) in [6.45, 7) is 2.23. The van der Waals surface area contributed by atoms with Crippen LogP contribution in [0.25, 0.3) is 10.9 Å². The van der Waals surface area contributed by atoms with E-state index in [0.717, 1.165) is 22.0 Å². The number of fused-ring (bicyclic) bond motifs is 1. The Morgan fingerprint density at radius 2 is 1.86 bits per heavy atom. The first kappa shape index (κ1) is 14.2. The molecule has 3 aromatic rings. The van der Waals surface area contributed by atoms with E-state index in [4.69, 9.17) is 23.2 Å². The van der Waals surface area contributed by atoms with Gasteiger partial charge in [0.2, 0.25) is 0 Å². The molecular formula is C17H13Cl2NO. The van der Waals surface area contributed by atoms with Gasteiger partial charge in [0.05, 0.1) is 10.0 Å². The van der Waals surface area contributed by atoms with Gasteiger partial charge >= 0.3 is 0 Å². The van der Waals surface area contributed by atoms with Crippen LogP contribution in [-0.2, 0) is 6.54 Å². The number of carbonyl (C=O) groups is 1. The van der Waals surface area contributed by atoms with Crippen molar-refractivity contribution in [2.24, 2.45) is 0 Å². The maximum absolute atomic E-state index is 11.8. The van der Waals surface area contributed by atoms with E-state index >= 15 is 0 Å². The Bertz CT molecular complexity index is 836. The second kappa shape index (κ2) is 5.55. The number of aromatic nitrogens is 1. The second-order valence-corrected chi connectivity index (χ2v) is 5.81. The summed E-state index contributed by atoms with van der Waals surface area (Å²) in [6.07, 6.45) is 1.90. The normalized spacial score (nSPS) is 11.0. The number of rotatable bonds is 3. The van der Waals surface area contributed by atoms with E-state index in [1.807, 2.05) is 42.6 Å². The minimum Gasteiger partial charge on any atom is -0.342 e. The summed E-state index contributed by atoms with van der Waals surface area (Å²) in [6, 6.07) is 13.5. The minimum absolute atomic E-state index is 0.0686. The van der Waals surface area contributed by atoms with Crippen molar-refractivity contribution in [1.82, 2.24) is 4.57 Å². The Morgan fingerprint density at radius 3 is 2.57 bits per heavy atom. The van der Waals surface area contributed by atoms with Crippen LogP contribution in [0.3, 0.4) is 0 Å². The average Bonchev–Trinajstić information content (AvgIpc) is 2.82. The number of carbonyl (C=O) groups excluding carboxylic acids is 1. The van der Waals surface area contributed by atoms with Crippen LogP contribution in [0.1, 0.15) is 22.8 Å². The highest BCUT2D eigenvalue weighted by atomic mass is 35.5. The molecule has 0 aliphatic heterocycles. The molecule has 2 nitrogen and oxygen atoms in total. The Morgan fingerprint density at radius 1 is 1.10 bits per heavy atom. The molecular weight excluding hydrogens is 305 g/mol. The molecule has 0 N–H and O–H groups in total. The van der Waals surface area contributed by atoms with Crippen molar-refractivity contribution < 1.29 is 4.79 Å². The SMILES string of the molecule is CC(=O)c1cn(Cc2ccc(Cl)c(Cl)c2)c2ccccc12. The first-order valence-corrected chi connectivity index (χ1v) is 7.34. The maximum Gasteiger partial charge on any atom is 0.161 e. The van der Waals surface area contributed by atoms with Crippen molar-refractivity contribution in [3.63, 3.8) is 0 Å². The molecule has 106 valence electrons. The zero-order chi connectivity index (χ0) is 15.0. The van der Waals surface area contributed by atoms with Gasteiger partial charge in [0.25, 0.3) is 0 Å². The summed E-state index contributed by atoms with van der Waals surface area (Å²) in [4.78, 5) is 11.8. The van der Waals surface area contributed by atoms with Crippen LogP contribution in [0.2, 0.25) is 10.0 Å². The van der Waals surface area contributed by atoms with Crippen molar-refractivity contribution >= 4 is 39.9 Å². The lowest BCUT2D eigenvalue weighted by Gasteiger charge is -2.06. The van der Waals surface area contributed by atoms with Gasteiger partial charge in [0, 0.05) is 29.2 Å². The van der Waals surface area contributed by atoms with Crippen molar-refractivity contribution in [3.05, 3.63) is 69.8 Å². The standard InChI is InChI=1S/C17H13Cl2NO/c1-11(21)14-10-20(17-5-3-2-4-13(14)17)9-12-6-7-15(18)16(19)8-12/h2-8,10H,9H2,1H3. The molecule has 0 aliphatic rings. The molecule has 21 heavy (non-hydrogen) atoms. The molecule has 0 spiro atoms. The topological polar surface area (TPSA) is 22.0 Å². The Labute approximate surface area is 132 Å². The summed E-state index contributed by atoms with van der Waals surface area (Å²) in [5, 5.41) is 2.06. The second-order valence-electron chi connectivity index (χ2n) is 4.99. The molecule has 1 heterocycles. The van der Waals surface area contributed by atoms with E-state index in [9.17, 15) is 4.79 Å². The molecule has 0 bridgehead atoms. The maximum atomic E-state index is 11.8. The van der Waals surface area contributed by atoms with E-state index in [0.29, 0.717) is 16.6 Å². The van der Waals surface area contributed by atoms with Gasteiger partial charge in [-0.15, -0.1) is 0 Å². The lowest BCUT2D eigenvalue weighted by Crippen LogP contribution is -1.98. The quantitative estimate of drug-likeness (QED) is 0.608. The number of ketones is 1. The summed E-state index contributed by atoms with van der Waals surface area (Å²) >= 11 is 12.0. The smallest absolute Gasteiger partial charge is 0.161 e. The van der Waals surface area contributed by atoms with Gasteiger partial charge in [-0.1, -0.05) is 47.5 Å². The number of halogens is 2. The van der Waals surface area contributed by atoms with Gasteiger partial charge in [0.1, 0.15) is 0 Å². The van der Waals surface area contributed by atoms with Crippen molar-refractivity contribution in [2.45, 2.75) is 13.5 Å². The molecule has 0 atom stereocenters. The summed E-state index contributed by atoms with van der Waals surface area (Å²) in [5.41, 5.74) is 2.82. The third kappa shape index (κ3) is 2.69. The lowest BCUT2D eigenvalue weighted by molar-refractivity contribution is 0.101. The average molecular weight is 318 g/mol. The molecule has 0 amide bonds. The number of hydrogen-bond donors (Lipinski definition) is 0. The molecule has 1 aromatic heterocycles. The fourth-order valence-electron chi connectivity index (χ4n) is 2.49. The minimum atomic E-state index is 0.0686. The number of benzene rings is 2. The van der Waals surface area contributed by atoms with Crippen LogP contribution in [0.4, 0.5) is 0 Å². The zero-order valence-corrected chi connectivity index (χ0v) is 12.9. The van der Waals surface area contributed by atoms with E-state index in [2.05, 4.69) is 4.57 Å². The van der Waals surface area contributed by atoms with Gasteiger partial charge in [-0.2, -0.15) is 0 Å². The molecule has 3 rings (SSSR count). The monoisotopic (exact) mass is 317 g/mol. The molecule has 0 fully saturated rings. The Balaban J connectivity index is 2.08. The van der Waals surface area contributed by atoms with Gasteiger partial charge < -0.3 is 4.57 Å². The van der Waals surface area contributed by atoms with E-state index in [1.54, 1.807) is 13.0 Å². The van der Waals surface area contributed by atoms with Crippen LogP contribution in [-0.4, -0.2) is 10.4 Å². The number of nitrogens with zero attached hydrogens (tertiary/aromatic N) is 1. The predicted molar refractivity (Wildman–Crippen MR) is 87.5 cm³/mol. The Hall–Kier alpha value is -1.77. The van der Waals surface area contributed by atoms with Crippen LogP contribution < -0.4 is 0 Å². The van der Waals surface area contributed by atoms with Crippen LogP contribution >= 0.6 is 23.2 Å². The molecule has 0 aliphatic carbocycles. The molecule has 0 unspecified atom stereocenters. The molecule has 0 saturated carbocycles. The fraction of sp³-hybridized carbons (Fsp3) is 0.118. The fourth-order valence-corrected chi connectivity index (χ4v) is 2.81. The van der Waals surface area contributed by atoms with E-state index in [-0.39, 0.29) is 5.78 Å². The van der Waals surface area contributed by atoms with Crippen LogP contribution in [0, 0.1) is 0 Å². The molecule has 2 aromatic carbocycles. The number of para-hydroxylation sites is 1. The molecule has 0 radical (unpaired) electrons. The van der Waals surface area contributed by atoms with Crippen molar-refractivity contribution in [3.8, 4) is 0 Å². The molecule has 0 saturated heterocycles. The zero-order valence-electron chi connectivity index (χ0n) is 11.4. The largest absolute Gasteiger partial charge is 0.342 e. The van der Waals surface area contributed by atoms with Crippen LogP contribution in [0.5, 0.6) is 0 Å².